The molecule has 0 atom stereocenters. The van der Waals surface area contributed by atoms with Crippen molar-refractivity contribution in [2.75, 3.05) is 18.8 Å². The Labute approximate surface area is 93.4 Å². The molecule has 1 saturated heterocycles. The normalized spacial score (nSPS) is 20.3. The number of carbonyl (C=O) groups is 1. The van der Waals surface area contributed by atoms with Crippen LogP contribution in [0.5, 0.6) is 0 Å². The average molecular weight is 225 g/mol. The number of hydrogen-bond acceptors (Lipinski definition) is 3. The van der Waals surface area contributed by atoms with Crippen molar-refractivity contribution in [2.45, 2.75) is 18.6 Å². The molecule has 0 unspecified atom stereocenters. The Morgan fingerprint density at radius 1 is 1.67 bits per heavy atom. The second-order valence-corrected chi connectivity index (χ2v) is 6.12. The predicted molar refractivity (Wildman–Crippen MR) is 61.0 cm³/mol. The topological polar surface area (TPSA) is 49.0 Å². The number of hydrogen-bond donors (Lipinski definition) is 1. The van der Waals surface area contributed by atoms with Gasteiger partial charge in [-0.15, -0.1) is 0 Å². The number of aromatic nitrogens is 2. The van der Waals surface area contributed by atoms with Gasteiger partial charge in [0.1, 0.15) is 0 Å². The van der Waals surface area contributed by atoms with E-state index in [2.05, 4.69) is 24.0 Å². The van der Waals surface area contributed by atoms with Crippen LogP contribution in [0, 0.1) is 0 Å². The fourth-order valence-corrected chi connectivity index (χ4v) is 2.85. The van der Waals surface area contributed by atoms with Crippen LogP contribution in [0.4, 0.5) is 0 Å². The molecule has 4 nitrogen and oxygen atoms in total. The number of H-pyrrole nitrogens is 1. The molecule has 0 spiro atoms. The van der Waals surface area contributed by atoms with E-state index in [1.807, 2.05) is 16.7 Å². The van der Waals surface area contributed by atoms with Crippen LogP contribution >= 0.6 is 11.8 Å². The summed E-state index contributed by atoms with van der Waals surface area (Å²) in [4.78, 5) is 13.9. The molecule has 0 radical (unpaired) electrons. The molecular formula is C10H15N3OS. The van der Waals surface area contributed by atoms with E-state index in [0.717, 1.165) is 18.8 Å². The maximum absolute atomic E-state index is 12.0. The maximum atomic E-state index is 12.0. The molecule has 0 aliphatic carbocycles. The fourth-order valence-electron chi connectivity index (χ4n) is 1.74. The molecule has 1 aromatic heterocycles. The van der Waals surface area contributed by atoms with Crippen LogP contribution in [0.2, 0.25) is 0 Å². The van der Waals surface area contributed by atoms with E-state index >= 15 is 0 Å². The highest BCUT2D eigenvalue weighted by atomic mass is 32.2. The second kappa shape index (κ2) is 3.89. The minimum absolute atomic E-state index is 0.0807. The smallest absolute Gasteiger partial charge is 0.257 e. The predicted octanol–water partition coefficient (Wildman–Crippen LogP) is 1.38. The van der Waals surface area contributed by atoms with Gasteiger partial charge >= 0.3 is 0 Å². The summed E-state index contributed by atoms with van der Waals surface area (Å²) in [5.41, 5.74) is 0.651. The minimum atomic E-state index is 0.0807. The Morgan fingerprint density at radius 3 is 3.07 bits per heavy atom. The zero-order chi connectivity index (χ0) is 10.9. The summed E-state index contributed by atoms with van der Waals surface area (Å²) < 4.78 is 0.164. The first-order chi connectivity index (χ1) is 7.08. The van der Waals surface area contributed by atoms with Crippen LogP contribution in [0.25, 0.3) is 0 Å². The van der Waals surface area contributed by atoms with Crippen molar-refractivity contribution < 1.29 is 4.79 Å². The van der Waals surface area contributed by atoms with Gasteiger partial charge in [0.2, 0.25) is 0 Å². The Kier molecular flexibility index (Phi) is 2.73. The van der Waals surface area contributed by atoms with E-state index in [-0.39, 0.29) is 10.7 Å². The van der Waals surface area contributed by atoms with Gasteiger partial charge in [-0.25, -0.2) is 0 Å². The molecular weight excluding hydrogens is 210 g/mol. The van der Waals surface area contributed by atoms with Gasteiger partial charge in [0.25, 0.3) is 5.91 Å². The van der Waals surface area contributed by atoms with Crippen molar-refractivity contribution in [3.63, 3.8) is 0 Å². The lowest BCUT2D eigenvalue weighted by Crippen LogP contribution is -2.46. The summed E-state index contributed by atoms with van der Waals surface area (Å²) in [5, 5.41) is 6.46. The number of amides is 1. The summed E-state index contributed by atoms with van der Waals surface area (Å²) in [6.45, 7) is 5.98. The number of thioether (sulfide) groups is 1. The molecule has 1 aromatic rings. The van der Waals surface area contributed by atoms with Crippen LogP contribution in [-0.2, 0) is 0 Å². The molecule has 5 heteroatoms. The number of nitrogens with zero attached hydrogens (tertiary/aromatic N) is 2. The lowest BCUT2D eigenvalue weighted by molar-refractivity contribution is 0.0748. The summed E-state index contributed by atoms with van der Waals surface area (Å²) in [6, 6.07) is 0. The SMILES string of the molecule is CC1(C)CN(C(=O)c2cn[nH]c2)CCS1. The number of nitrogens with one attached hydrogen (secondary N) is 1. The second-order valence-electron chi connectivity index (χ2n) is 4.32. The summed E-state index contributed by atoms with van der Waals surface area (Å²) in [5.74, 6) is 1.09. The lowest BCUT2D eigenvalue weighted by Gasteiger charge is -2.37. The van der Waals surface area contributed by atoms with Crippen molar-refractivity contribution >= 4 is 17.7 Å². The first kappa shape index (κ1) is 10.5. The lowest BCUT2D eigenvalue weighted by atomic mass is 10.1. The van der Waals surface area contributed by atoms with Gasteiger partial charge in [0, 0.05) is 29.8 Å². The standard InChI is InChI=1S/C10H15N3OS/c1-10(2)7-13(3-4-15-10)9(14)8-5-11-12-6-8/h5-6H,3-4,7H2,1-2H3,(H,11,12). The summed E-state index contributed by atoms with van der Waals surface area (Å²) in [6.07, 6.45) is 3.23. The third-order valence-corrected chi connectivity index (χ3v) is 3.76. The van der Waals surface area contributed by atoms with Gasteiger partial charge in [-0.2, -0.15) is 16.9 Å². The molecule has 15 heavy (non-hydrogen) atoms. The van der Waals surface area contributed by atoms with Crippen LogP contribution in [0.1, 0.15) is 24.2 Å². The molecule has 1 fully saturated rings. The van der Waals surface area contributed by atoms with E-state index in [1.165, 1.54) is 0 Å². The monoisotopic (exact) mass is 225 g/mol. The number of carbonyl (C=O) groups excluding carboxylic acids is 1. The highest BCUT2D eigenvalue weighted by Crippen LogP contribution is 2.29. The Hall–Kier alpha value is -0.970. The van der Waals surface area contributed by atoms with E-state index in [4.69, 9.17) is 0 Å². The van der Waals surface area contributed by atoms with Crippen LogP contribution in [0.3, 0.4) is 0 Å². The van der Waals surface area contributed by atoms with Crippen molar-refractivity contribution in [1.29, 1.82) is 0 Å². The van der Waals surface area contributed by atoms with Crippen LogP contribution < -0.4 is 0 Å². The quantitative estimate of drug-likeness (QED) is 0.785. The van der Waals surface area contributed by atoms with Gasteiger partial charge in [0.05, 0.1) is 11.8 Å². The Morgan fingerprint density at radius 2 is 2.47 bits per heavy atom. The van der Waals surface area contributed by atoms with E-state index < -0.39 is 0 Å². The molecule has 82 valence electrons. The van der Waals surface area contributed by atoms with Gasteiger partial charge < -0.3 is 4.90 Å². The van der Waals surface area contributed by atoms with E-state index in [0.29, 0.717) is 5.56 Å². The van der Waals surface area contributed by atoms with E-state index in [9.17, 15) is 4.79 Å². The Balaban J connectivity index is 2.08. The Bertz CT molecular complexity index is 348. The largest absolute Gasteiger partial charge is 0.336 e. The zero-order valence-corrected chi connectivity index (χ0v) is 9.80. The zero-order valence-electron chi connectivity index (χ0n) is 8.99. The highest BCUT2D eigenvalue weighted by Gasteiger charge is 2.30. The van der Waals surface area contributed by atoms with Crippen molar-refractivity contribution in [3.8, 4) is 0 Å². The molecule has 2 rings (SSSR count). The molecule has 1 aliphatic heterocycles. The molecule has 0 saturated carbocycles. The fraction of sp³-hybridized carbons (Fsp3) is 0.600. The minimum Gasteiger partial charge on any atom is -0.336 e. The third kappa shape index (κ3) is 2.34. The third-order valence-electron chi connectivity index (χ3n) is 2.46. The van der Waals surface area contributed by atoms with Gasteiger partial charge in [-0.1, -0.05) is 0 Å². The van der Waals surface area contributed by atoms with Crippen LogP contribution in [0.15, 0.2) is 12.4 Å². The van der Waals surface area contributed by atoms with Crippen LogP contribution in [-0.4, -0.2) is 44.6 Å². The highest BCUT2D eigenvalue weighted by molar-refractivity contribution is 8.00. The van der Waals surface area contributed by atoms with Gasteiger partial charge in [-0.05, 0) is 13.8 Å². The van der Waals surface area contributed by atoms with Gasteiger partial charge in [0.15, 0.2) is 0 Å². The van der Waals surface area contributed by atoms with Crippen molar-refractivity contribution in [3.05, 3.63) is 18.0 Å². The maximum Gasteiger partial charge on any atom is 0.257 e. The molecule has 1 N–H and O–H groups in total. The summed E-state index contributed by atoms with van der Waals surface area (Å²) >= 11 is 1.92. The molecule has 1 aliphatic rings. The number of rotatable bonds is 1. The summed E-state index contributed by atoms with van der Waals surface area (Å²) in [7, 11) is 0. The molecule has 0 aromatic carbocycles. The first-order valence-corrected chi connectivity index (χ1v) is 5.99. The van der Waals surface area contributed by atoms with Crippen molar-refractivity contribution in [2.24, 2.45) is 0 Å². The van der Waals surface area contributed by atoms with Gasteiger partial charge in [-0.3, -0.25) is 9.89 Å². The molecule has 1 amide bonds. The number of aromatic amines is 1. The first-order valence-electron chi connectivity index (χ1n) is 5.00. The van der Waals surface area contributed by atoms with E-state index in [1.54, 1.807) is 12.4 Å². The molecule has 2 heterocycles. The van der Waals surface area contributed by atoms with Crippen molar-refractivity contribution in [1.82, 2.24) is 15.1 Å². The molecule has 0 bridgehead atoms. The average Bonchev–Trinajstić information content (AvgIpc) is 2.67.